The smallest absolute Gasteiger partial charge is 0.263 e. The molecule has 0 bridgehead atoms. The van der Waals surface area contributed by atoms with Crippen LogP contribution < -0.4 is 5.73 Å². The minimum atomic E-state index is -2.44. The van der Waals surface area contributed by atoms with Crippen molar-refractivity contribution in [1.29, 1.82) is 0 Å². The minimum absolute atomic E-state index is 0.0274. The first-order chi connectivity index (χ1) is 5.24. The van der Waals surface area contributed by atoms with Crippen molar-refractivity contribution in [3.8, 4) is 0 Å². The lowest BCUT2D eigenvalue weighted by Gasteiger charge is -1.99. The van der Waals surface area contributed by atoms with Gasteiger partial charge in [0.1, 0.15) is 0 Å². The maximum atomic E-state index is 12.0. The molecule has 4 heteroatoms. The van der Waals surface area contributed by atoms with Gasteiger partial charge in [0, 0.05) is 18.3 Å². The predicted octanol–water partition coefficient (Wildman–Crippen LogP) is 1.48. The molecule has 0 aromatic carbocycles. The van der Waals surface area contributed by atoms with E-state index < -0.39 is 6.43 Å². The molecule has 1 rings (SSSR count). The van der Waals surface area contributed by atoms with Crippen LogP contribution in [-0.4, -0.2) is 4.98 Å². The van der Waals surface area contributed by atoms with E-state index in [1.807, 2.05) is 0 Å². The van der Waals surface area contributed by atoms with Crippen LogP contribution in [0.1, 0.15) is 17.7 Å². The summed E-state index contributed by atoms with van der Waals surface area (Å²) in [6, 6.07) is 2.59. The van der Waals surface area contributed by atoms with E-state index in [0.717, 1.165) is 0 Å². The quantitative estimate of drug-likeness (QED) is 0.707. The third kappa shape index (κ3) is 1.94. The zero-order valence-electron chi connectivity index (χ0n) is 5.80. The monoisotopic (exact) mass is 158 g/mol. The van der Waals surface area contributed by atoms with E-state index in [1.54, 1.807) is 0 Å². The van der Waals surface area contributed by atoms with Crippen LogP contribution in [-0.2, 0) is 6.54 Å². The molecule has 0 aliphatic heterocycles. The zero-order chi connectivity index (χ0) is 8.27. The van der Waals surface area contributed by atoms with Crippen LogP contribution in [0.4, 0.5) is 8.78 Å². The van der Waals surface area contributed by atoms with Gasteiger partial charge in [-0.1, -0.05) is 0 Å². The summed E-state index contributed by atoms with van der Waals surface area (Å²) in [5.41, 5.74) is 5.67. The molecule has 0 aliphatic carbocycles. The third-order valence-electron chi connectivity index (χ3n) is 1.30. The van der Waals surface area contributed by atoms with Gasteiger partial charge in [-0.15, -0.1) is 0 Å². The summed E-state index contributed by atoms with van der Waals surface area (Å²) >= 11 is 0. The number of nitrogens with two attached hydrogens (primary N) is 1. The van der Waals surface area contributed by atoms with Crippen molar-refractivity contribution in [2.75, 3.05) is 0 Å². The molecular formula is C7H8F2N2. The Hall–Kier alpha value is -1.03. The first-order valence-electron chi connectivity index (χ1n) is 3.17. The van der Waals surface area contributed by atoms with E-state index in [-0.39, 0.29) is 12.1 Å². The summed E-state index contributed by atoms with van der Waals surface area (Å²) in [7, 11) is 0. The summed E-state index contributed by atoms with van der Waals surface area (Å²) in [6.07, 6.45) is -1.10. The molecule has 1 aromatic heterocycles. The number of aromatic nitrogens is 1. The molecule has 0 fully saturated rings. The summed E-state index contributed by atoms with van der Waals surface area (Å²) in [5.74, 6) is 0. The number of hydrogen-bond donors (Lipinski definition) is 1. The fourth-order valence-corrected chi connectivity index (χ4v) is 0.744. The minimum Gasteiger partial charge on any atom is -0.325 e. The molecule has 0 amide bonds. The van der Waals surface area contributed by atoms with Gasteiger partial charge in [0.25, 0.3) is 6.43 Å². The fraction of sp³-hybridized carbons (Fsp3) is 0.286. The topological polar surface area (TPSA) is 38.9 Å². The molecule has 1 heterocycles. The predicted molar refractivity (Wildman–Crippen MR) is 37.1 cm³/mol. The van der Waals surface area contributed by atoms with E-state index in [2.05, 4.69) is 4.98 Å². The highest BCUT2D eigenvalue weighted by Crippen LogP contribution is 2.17. The van der Waals surface area contributed by atoms with Crippen LogP contribution in [0.2, 0.25) is 0 Å². The van der Waals surface area contributed by atoms with Gasteiger partial charge in [0.05, 0.1) is 5.69 Å². The van der Waals surface area contributed by atoms with Crippen molar-refractivity contribution < 1.29 is 8.78 Å². The van der Waals surface area contributed by atoms with Crippen LogP contribution in [0.3, 0.4) is 0 Å². The second-order valence-electron chi connectivity index (χ2n) is 2.09. The summed E-state index contributed by atoms with van der Waals surface area (Å²) in [5, 5.41) is 0. The SMILES string of the molecule is NCc1cc(C(F)F)ccn1. The number of hydrogen-bond acceptors (Lipinski definition) is 2. The lowest BCUT2D eigenvalue weighted by Crippen LogP contribution is -2.00. The normalized spacial score (nSPS) is 10.5. The Labute approximate surface area is 63.1 Å². The summed E-state index contributed by atoms with van der Waals surface area (Å²) < 4.78 is 24.0. The van der Waals surface area contributed by atoms with Crippen molar-refractivity contribution in [3.63, 3.8) is 0 Å². The van der Waals surface area contributed by atoms with E-state index in [9.17, 15) is 8.78 Å². The highest BCUT2D eigenvalue weighted by molar-refractivity contribution is 5.17. The van der Waals surface area contributed by atoms with Crippen molar-refractivity contribution in [1.82, 2.24) is 4.98 Å². The van der Waals surface area contributed by atoms with Gasteiger partial charge in [-0.2, -0.15) is 0 Å². The number of nitrogens with zero attached hydrogens (tertiary/aromatic N) is 1. The van der Waals surface area contributed by atoms with Gasteiger partial charge in [-0.05, 0) is 12.1 Å². The Kier molecular flexibility index (Phi) is 2.48. The van der Waals surface area contributed by atoms with Crippen LogP contribution in [0.25, 0.3) is 0 Å². The van der Waals surface area contributed by atoms with Crippen LogP contribution in [0, 0.1) is 0 Å². The molecule has 0 unspecified atom stereocenters. The van der Waals surface area contributed by atoms with Gasteiger partial charge in [-0.25, -0.2) is 8.78 Å². The molecule has 11 heavy (non-hydrogen) atoms. The standard InChI is InChI=1S/C7H8F2N2/c8-7(9)5-1-2-11-6(3-5)4-10/h1-3,7H,4,10H2. The van der Waals surface area contributed by atoms with E-state index in [4.69, 9.17) is 5.73 Å². The highest BCUT2D eigenvalue weighted by Gasteiger charge is 2.06. The molecule has 60 valence electrons. The Morgan fingerprint density at radius 1 is 1.55 bits per heavy atom. The second kappa shape index (κ2) is 3.39. The summed E-state index contributed by atoms with van der Waals surface area (Å²) in [4.78, 5) is 3.78. The molecular weight excluding hydrogens is 150 g/mol. The van der Waals surface area contributed by atoms with Crippen molar-refractivity contribution in [2.45, 2.75) is 13.0 Å². The molecule has 0 saturated heterocycles. The van der Waals surface area contributed by atoms with E-state index in [0.29, 0.717) is 5.69 Å². The lowest BCUT2D eigenvalue weighted by molar-refractivity contribution is 0.151. The molecule has 2 nitrogen and oxygen atoms in total. The first-order valence-corrected chi connectivity index (χ1v) is 3.17. The van der Waals surface area contributed by atoms with Gasteiger partial charge in [-0.3, -0.25) is 4.98 Å². The number of halogens is 2. The molecule has 0 atom stereocenters. The molecule has 0 aliphatic rings. The molecule has 1 aromatic rings. The highest BCUT2D eigenvalue weighted by atomic mass is 19.3. The Bertz CT molecular complexity index is 238. The molecule has 0 radical (unpaired) electrons. The lowest BCUT2D eigenvalue weighted by atomic mass is 10.2. The van der Waals surface area contributed by atoms with Crippen molar-refractivity contribution in [2.24, 2.45) is 5.73 Å². The molecule has 2 N–H and O–H groups in total. The van der Waals surface area contributed by atoms with Crippen molar-refractivity contribution in [3.05, 3.63) is 29.6 Å². The van der Waals surface area contributed by atoms with Gasteiger partial charge >= 0.3 is 0 Å². The zero-order valence-corrected chi connectivity index (χ0v) is 5.80. The van der Waals surface area contributed by atoms with Gasteiger partial charge in [0.15, 0.2) is 0 Å². The van der Waals surface area contributed by atoms with Crippen LogP contribution in [0.5, 0.6) is 0 Å². The number of pyridine rings is 1. The fourth-order valence-electron chi connectivity index (χ4n) is 0.744. The largest absolute Gasteiger partial charge is 0.325 e. The average molecular weight is 158 g/mol. The Morgan fingerprint density at radius 2 is 2.27 bits per heavy atom. The summed E-state index contributed by atoms with van der Waals surface area (Å²) in [6.45, 7) is 0.195. The van der Waals surface area contributed by atoms with E-state index in [1.165, 1.54) is 18.3 Å². The van der Waals surface area contributed by atoms with Crippen molar-refractivity contribution >= 4 is 0 Å². The van der Waals surface area contributed by atoms with Crippen LogP contribution in [0.15, 0.2) is 18.3 Å². The van der Waals surface area contributed by atoms with Gasteiger partial charge < -0.3 is 5.73 Å². The Morgan fingerprint density at radius 3 is 2.82 bits per heavy atom. The second-order valence-corrected chi connectivity index (χ2v) is 2.09. The Balaban J connectivity index is 2.91. The average Bonchev–Trinajstić information content (AvgIpc) is 2.05. The maximum absolute atomic E-state index is 12.0. The van der Waals surface area contributed by atoms with E-state index >= 15 is 0 Å². The first kappa shape index (κ1) is 8.07. The number of rotatable bonds is 2. The third-order valence-corrected chi connectivity index (χ3v) is 1.30. The van der Waals surface area contributed by atoms with Crippen LogP contribution >= 0.6 is 0 Å². The maximum Gasteiger partial charge on any atom is 0.263 e. The number of alkyl halides is 2. The molecule has 0 spiro atoms. The van der Waals surface area contributed by atoms with Gasteiger partial charge in [0.2, 0.25) is 0 Å². The molecule has 0 saturated carbocycles.